The minimum atomic E-state index is -0.510. The number of hydrogen-bond acceptors (Lipinski definition) is 4. The van der Waals surface area contributed by atoms with Crippen molar-refractivity contribution in [2.45, 2.75) is 25.7 Å². The Bertz CT molecular complexity index is 412. The fourth-order valence-corrected chi connectivity index (χ4v) is 2.07. The number of nitrogens with zero attached hydrogens (tertiary/aromatic N) is 1. The predicted octanol–water partition coefficient (Wildman–Crippen LogP) is 2.95. The number of halogens is 2. The van der Waals surface area contributed by atoms with Gasteiger partial charge in [-0.15, -0.1) is 0 Å². The highest BCUT2D eigenvalue weighted by Gasteiger charge is 2.32. The van der Waals surface area contributed by atoms with Crippen LogP contribution in [0.4, 0.5) is 5.82 Å². The van der Waals surface area contributed by atoms with E-state index in [1.807, 2.05) is 13.8 Å². The third-order valence-corrected chi connectivity index (χ3v) is 2.87. The summed E-state index contributed by atoms with van der Waals surface area (Å²) in [5.41, 5.74) is 0. The van der Waals surface area contributed by atoms with Crippen LogP contribution in [-0.4, -0.2) is 30.0 Å². The van der Waals surface area contributed by atoms with E-state index < -0.39 is 5.79 Å². The summed E-state index contributed by atoms with van der Waals surface area (Å²) < 4.78 is 11.1. The van der Waals surface area contributed by atoms with Crippen molar-refractivity contribution >= 4 is 29.0 Å². The van der Waals surface area contributed by atoms with Gasteiger partial charge in [-0.05, 0) is 19.9 Å². The Hall–Kier alpha value is -0.550. The molecule has 1 aromatic rings. The lowest BCUT2D eigenvalue weighted by molar-refractivity contribution is -0.136. The van der Waals surface area contributed by atoms with Gasteiger partial charge in [0.15, 0.2) is 5.79 Å². The summed E-state index contributed by atoms with van der Waals surface area (Å²) in [4.78, 5) is 4.10. The molecule has 0 saturated carbocycles. The fourth-order valence-electron chi connectivity index (χ4n) is 1.62. The van der Waals surface area contributed by atoms with Crippen molar-refractivity contribution in [2.24, 2.45) is 0 Å². The summed E-state index contributed by atoms with van der Waals surface area (Å²) in [5.74, 6) is 0.0909. The SMILES string of the molecule is CC1(C)OCC(CNc2ncc(Cl)cc2Cl)O1. The van der Waals surface area contributed by atoms with Gasteiger partial charge in [-0.3, -0.25) is 0 Å². The van der Waals surface area contributed by atoms with Crippen LogP contribution in [0.2, 0.25) is 10.0 Å². The van der Waals surface area contributed by atoms with Gasteiger partial charge in [0, 0.05) is 12.7 Å². The van der Waals surface area contributed by atoms with Crippen molar-refractivity contribution < 1.29 is 9.47 Å². The Morgan fingerprint density at radius 3 is 2.88 bits per heavy atom. The highest BCUT2D eigenvalue weighted by molar-refractivity contribution is 6.35. The molecular formula is C11H14Cl2N2O2. The molecule has 1 N–H and O–H groups in total. The van der Waals surface area contributed by atoms with Gasteiger partial charge < -0.3 is 14.8 Å². The van der Waals surface area contributed by atoms with Gasteiger partial charge in [0.2, 0.25) is 0 Å². The van der Waals surface area contributed by atoms with E-state index in [0.717, 1.165) is 0 Å². The number of aromatic nitrogens is 1. The maximum atomic E-state index is 5.99. The Morgan fingerprint density at radius 1 is 1.53 bits per heavy atom. The first-order valence-electron chi connectivity index (χ1n) is 5.33. The second kappa shape index (κ2) is 4.98. The normalized spacial score (nSPS) is 22.7. The van der Waals surface area contributed by atoms with Crippen molar-refractivity contribution in [1.82, 2.24) is 4.98 Å². The third kappa shape index (κ3) is 3.45. The maximum Gasteiger partial charge on any atom is 0.163 e. The Labute approximate surface area is 110 Å². The van der Waals surface area contributed by atoms with Gasteiger partial charge in [-0.2, -0.15) is 0 Å². The number of anilines is 1. The smallest absolute Gasteiger partial charge is 0.163 e. The average Bonchev–Trinajstić information content (AvgIpc) is 2.57. The molecule has 2 rings (SSSR count). The topological polar surface area (TPSA) is 43.4 Å². The monoisotopic (exact) mass is 276 g/mol. The fraction of sp³-hybridized carbons (Fsp3) is 0.545. The first-order valence-corrected chi connectivity index (χ1v) is 6.08. The largest absolute Gasteiger partial charge is 0.366 e. The van der Waals surface area contributed by atoms with E-state index in [2.05, 4.69) is 10.3 Å². The molecule has 1 aliphatic heterocycles. The Morgan fingerprint density at radius 2 is 2.29 bits per heavy atom. The lowest BCUT2D eigenvalue weighted by Crippen LogP contribution is -2.26. The van der Waals surface area contributed by atoms with Crippen LogP contribution in [0.1, 0.15) is 13.8 Å². The van der Waals surface area contributed by atoms with Crippen LogP contribution in [0.3, 0.4) is 0 Å². The molecule has 2 heterocycles. The van der Waals surface area contributed by atoms with Crippen LogP contribution in [0.15, 0.2) is 12.3 Å². The van der Waals surface area contributed by atoms with E-state index in [1.165, 1.54) is 0 Å². The van der Waals surface area contributed by atoms with Crippen LogP contribution < -0.4 is 5.32 Å². The molecule has 0 bridgehead atoms. The molecule has 1 aromatic heterocycles. The Balaban J connectivity index is 1.90. The minimum absolute atomic E-state index is 0.00135. The van der Waals surface area contributed by atoms with E-state index in [-0.39, 0.29) is 6.10 Å². The molecule has 0 aliphatic carbocycles. The van der Waals surface area contributed by atoms with Gasteiger partial charge in [0.1, 0.15) is 11.9 Å². The molecule has 0 spiro atoms. The van der Waals surface area contributed by atoms with Crippen LogP contribution in [0.5, 0.6) is 0 Å². The van der Waals surface area contributed by atoms with Crippen molar-refractivity contribution in [3.63, 3.8) is 0 Å². The molecule has 1 saturated heterocycles. The zero-order valence-corrected chi connectivity index (χ0v) is 11.2. The van der Waals surface area contributed by atoms with Gasteiger partial charge in [-0.25, -0.2) is 4.98 Å². The van der Waals surface area contributed by atoms with Gasteiger partial charge in [-0.1, -0.05) is 23.2 Å². The van der Waals surface area contributed by atoms with E-state index in [1.54, 1.807) is 12.3 Å². The summed E-state index contributed by atoms with van der Waals surface area (Å²) in [6, 6.07) is 1.65. The van der Waals surface area contributed by atoms with Crippen LogP contribution in [0.25, 0.3) is 0 Å². The molecule has 4 nitrogen and oxygen atoms in total. The van der Waals surface area contributed by atoms with Crippen molar-refractivity contribution in [2.75, 3.05) is 18.5 Å². The summed E-state index contributed by atoms with van der Waals surface area (Å²) in [7, 11) is 0. The summed E-state index contributed by atoms with van der Waals surface area (Å²) in [6.45, 7) is 4.93. The zero-order valence-electron chi connectivity index (χ0n) is 9.67. The highest BCUT2D eigenvalue weighted by Crippen LogP contribution is 2.25. The zero-order chi connectivity index (χ0) is 12.5. The van der Waals surface area contributed by atoms with Crippen LogP contribution in [-0.2, 0) is 9.47 Å². The molecule has 0 aromatic carbocycles. The van der Waals surface area contributed by atoms with Crippen LogP contribution in [0, 0.1) is 0 Å². The standard InChI is InChI=1S/C11H14Cl2N2O2/c1-11(2)16-6-8(17-11)5-15-10-9(13)3-7(12)4-14-10/h3-4,8H,5-6H2,1-2H3,(H,14,15). The average molecular weight is 277 g/mol. The highest BCUT2D eigenvalue weighted by atomic mass is 35.5. The lowest BCUT2D eigenvalue weighted by Gasteiger charge is -2.17. The quantitative estimate of drug-likeness (QED) is 0.922. The number of ether oxygens (including phenoxy) is 2. The second-order valence-electron chi connectivity index (χ2n) is 4.32. The van der Waals surface area contributed by atoms with Gasteiger partial charge >= 0.3 is 0 Å². The number of rotatable bonds is 3. The van der Waals surface area contributed by atoms with Crippen LogP contribution >= 0.6 is 23.2 Å². The molecule has 1 atom stereocenters. The molecule has 0 radical (unpaired) electrons. The molecule has 1 fully saturated rings. The molecule has 94 valence electrons. The van der Waals surface area contributed by atoms with E-state index >= 15 is 0 Å². The minimum Gasteiger partial charge on any atom is -0.366 e. The van der Waals surface area contributed by atoms with Crippen molar-refractivity contribution in [1.29, 1.82) is 0 Å². The molecule has 6 heteroatoms. The second-order valence-corrected chi connectivity index (χ2v) is 5.16. The molecule has 17 heavy (non-hydrogen) atoms. The van der Waals surface area contributed by atoms with Crippen molar-refractivity contribution in [3.05, 3.63) is 22.3 Å². The van der Waals surface area contributed by atoms with E-state index in [0.29, 0.717) is 29.0 Å². The maximum absolute atomic E-state index is 5.99. The third-order valence-electron chi connectivity index (χ3n) is 2.37. The molecule has 1 unspecified atom stereocenters. The number of nitrogens with one attached hydrogen (secondary N) is 1. The van der Waals surface area contributed by atoms with Gasteiger partial charge in [0.25, 0.3) is 0 Å². The summed E-state index contributed by atoms with van der Waals surface area (Å²) in [6.07, 6.45) is 1.55. The number of hydrogen-bond donors (Lipinski definition) is 1. The summed E-state index contributed by atoms with van der Waals surface area (Å²) >= 11 is 11.8. The van der Waals surface area contributed by atoms with Crippen molar-refractivity contribution in [3.8, 4) is 0 Å². The molecule has 0 amide bonds. The first-order chi connectivity index (χ1) is 7.96. The molecule has 1 aliphatic rings. The lowest BCUT2D eigenvalue weighted by atomic mass is 10.3. The number of pyridine rings is 1. The van der Waals surface area contributed by atoms with E-state index in [4.69, 9.17) is 32.7 Å². The van der Waals surface area contributed by atoms with E-state index in [9.17, 15) is 0 Å². The molecular weight excluding hydrogens is 263 g/mol. The van der Waals surface area contributed by atoms with Gasteiger partial charge in [0.05, 0.1) is 16.7 Å². The Kier molecular flexibility index (Phi) is 3.78. The predicted molar refractivity (Wildman–Crippen MR) is 67.7 cm³/mol. The first kappa shape index (κ1) is 12.9. The summed E-state index contributed by atoms with van der Waals surface area (Å²) in [5, 5.41) is 4.13.